The average molecular weight is 358 g/mol. The van der Waals surface area contributed by atoms with Crippen LogP contribution in [0.5, 0.6) is 5.75 Å². The van der Waals surface area contributed by atoms with E-state index in [2.05, 4.69) is 60.5 Å². The second-order valence-corrected chi connectivity index (χ2v) is 8.27. The number of hydrogen-bond donors (Lipinski definition) is 0. The average Bonchev–Trinajstić information content (AvgIpc) is 2.71. The highest BCUT2D eigenvalue weighted by molar-refractivity contribution is 5.79. The SMILES string of the molecule is COc1cccc([C@]23CCN(C)C[C@@H]2Cc2cc4ccccc4nc2C3)c1. The molecule has 1 aliphatic heterocycles. The van der Waals surface area contributed by atoms with Gasteiger partial charge in [-0.3, -0.25) is 4.98 Å². The minimum absolute atomic E-state index is 0.156. The number of likely N-dealkylation sites (tertiary alicyclic amines) is 1. The van der Waals surface area contributed by atoms with Crippen molar-refractivity contribution in [3.8, 4) is 5.75 Å². The Morgan fingerprint density at radius 1 is 1.11 bits per heavy atom. The van der Waals surface area contributed by atoms with E-state index in [1.54, 1.807) is 7.11 Å². The van der Waals surface area contributed by atoms with Gasteiger partial charge in [0.05, 0.1) is 12.6 Å². The van der Waals surface area contributed by atoms with E-state index in [-0.39, 0.29) is 5.41 Å². The Kier molecular flexibility index (Phi) is 3.94. The molecule has 138 valence electrons. The first-order chi connectivity index (χ1) is 13.2. The summed E-state index contributed by atoms with van der Waals surface area (Å²) < 4.78 is 5.54. The Bertz CT molecular complexity index is 999. The monoisotopic (exact) mass is 358 g/mol. The molecule has 3 heteroatoms. The molecular weight excluding hydrogens is 332 g/mol. The first-order valence-corrected chi connectivity index (χ1v) is 9.88. The van der Waals surface area contributed by atoms with E-state index in [1.807, 2.05) is 6.07 Å². The summed E-state index contributed by atoms with van der Waals surface area (Å²) in [7, 11) is 4.01. The third kappa shape index (κ3) is 2.72. The van der Waals surface area contributed by atoms with Gasteiger partial charge in [0.2, 0.25) is 0 Å². The Hall–Kier alpha value is -2.39. The van der Waals surface area contributed by atoms with Crippen LogP contribution in [0, 0.1) is 5.92 Å². The number of fused-ring (bicyclic) bond motifs is 3. The zero-order valence-corrected chi connectivity index (χ0v) is 16.1. The van der Waals surface area contributed by atoms with Gasteiger partial charge in [0.25, 0.3) is 0 Å². The lowest BCUT2D eigenvalue weighted by Gasteiger charge is -2.50. The molecule has 0 bridgehead atoms. The van der Waals surface area contributed by atoms with E-state index < -0.39 is 0 Å². The topological polar surface area (TPSA) is 25.4 Å². The highest BCUT2D eigenvalue weighted by atomic mass is 16.5. The summed E-state index contributed by atoms with van der Waals surface area (Å²) in [5.74, 6) is 1.57. The van der Waals surface area contributed by atoms with Crippen LogP contribution in [0.3, 0.4) is 0 Å². The lowest BCUT2D eigenvalue weighted by Crippen LogP contribution is -2.53. The number of rotatable bonds is 2. The summed E-state index contributed by atoms with van der Waals surface area (Å²) in [6.07, 6.45) is 3.31. The summed E-state index contributed by atoms with van der Waals surface area (Å²) in [5, 5.41) is 1.26. The molecule has 0 N–H and O–H groups in total. The van der Waals surface area contributed by atoms with Crippen LogP contribution in [0.15, 0.2) is 54.6 Å². The maximum Gasteiger partial charge on any atom is 0.119 e. The summed E-state index contributed by atoms with van der Waals surface area (Å²) in [5.41, 5.74) is 5.41. The summed E-state index contributed by atoms with van der Waals surface area (Å²) in [4.78, 5) is 7.58. The minimum Gasteiger partial charge on any atom is -0.497 e. The predicted octanol–water partition coefficient (Wildman–Crippen LogP) is 4.23. The maximum atomic E-state index is 5.54. The molecular formula is C24H26N2O. The fourth-order valence-corrected chi connectivity index (χ4v) is 5.24. The third-order valence-corrected chi connectivity index (χ3v) is 6.74. The number of piperidine rings is 1. The highest BCUT2D eigenvalue weighted by Gasteiger charge is 2.47. The molecule has 2 aromatic carbocycles. The number of pyridine rings is 1. The molecule has 0 radical (unpaired) electrons. The van der Waals surface area contributed by atoms with Gasteiger partial charge in [-0.2, -0.15) is 0 Å². The number of hydrogen-bond acceptors (Lipinski definition) is 3. The van der Waals surface area contributed by atoms with Crippen molar-refractivity contribution in [2.45, 2.75) is 24.7 Å². The highest BCUT2D eigenvalue weighted by Crippen LogP contribution is 2.48. The normalized spacial score (nSPS) is 25.0. The van der Waals surface area contributed by atoms with Crippen molar-refractivity contribution < 1.29 is 4.74 Å². The molecule has 5 rings (SSSR count). The fourth-order valence-electron chi connectivity index (χ4n) is 5.24. The lowest BCUT2D eigenvalue weighted by atomic mass is 9.58. The smallest absolute Gasteiger partial charge is 0.119 e. The molecule has 1 saturated heterocycles. The molecule has 27 heavy (non-hydrogen) atoms. The Balaban J connectivity index is 1.65. The van der Waals surface area contributed by atoms with E-state index in [0.717, 1.165) is 37.2 Å². The standard InChI is InChI=1S/C24H26N2O/c1-26-11-10-24(19-7-5-8-21(14-19)27-2)15-23-18(13-20(24)16-26)12-17-6-3-4-9-22(17)25-23/h3-9,12,14,20H,10-11,13,15-16H2,1-2H3/t20-,24+/m0/s1. The summed E-state index contributed by atoms with van der Waals surface area (Å²) in [6.45, 7) is 2.28. The second-order valence-electron chi connectivity index (χ2n) is 8.27. The molecule has 2 aliphatic rings. The summed E-state index contributed by atoms with van der Waals surface area (Å²) >= 11 is 0. The van der Waals surface area contributed by atoms with Gasteiger partial charge in [-0.1, -0.05) is 30.3 Å². The van der Waals surface area contributed by atoms with Crippen molar-refractivity contribution in [1.29, 1.82) is 0 Å². The molecule has 3 aromatic rings. The molecule has 1 aliphatic carbocycles. The van der Waals surface area contributed by atoms with Gasteiger partial charge in [0, 0.05) is 29.5 Å². The largest absolute Gasteiger partial charge is 0.497 e. The molecule has 0 unspecified atom stereocenters. The maximum absolute atomic E-state index is 5.54. The van der Waals surface area contributed by atoms with Crippen molar-refractivity contribution in [2.24, 2.45) is 5.92 Å². The zero-order valence-electron chi connectivity index (χ0n) is 16.1. The number of nitrogens with zero attached hydrogens (tertiary/aromatic N) is 2. The van der Waals surface area contributed by atoms with E-state index in [9.17, 15) is 0 Å². The molecule has 0 spiro atoms. The summed E-state index contributed by atoms with van der Waals surface area (Å²) in [6, 6.07) is 19.6. The van der Waals surface area contributed by atoms with Crippen molar-refractivity contribution >= 4 is 10.9 Å². The number of para-hydroxylation sites is 1. The minimum atomic E-state index is 0.156. The van der Waals surface area contributed by atoms with E-state index in [4.69, 9.17) is 9.72 Å². The first kappa shape index (κ1) is 16.8. The number of aromatic nitrogens is 1. The van der Waals surface area contributed by atoms with Gasteiger partial charge < -0.3 is 9.64 Å². The van der Waals surface area contributed by atoms with Gasteiger partial charge in [0.1, 0.15) is 5.75 Å². The number of ether oxygens (including phenoxy) is 1. The first-order valence-electron chi connectivity index (χ1n) is 9.88. The molecule has 0 saturated carbocycles. The Morgan fingerprint density at radius 3 is 2.89 bits per heavy atom. The van der Waals surface area contributed by atoms with Crippen LogP contribution < -0.4 is 4.74 Å². The number of benzene rings is 2. The van der Waals surface area contributed by atoms with Crippen LogP contribution in [0.1, 0.15) is 23.2 Å². The Labute approximate surface area is 161 Å². The van der Waals surface area contributed by atoms with Crippen molar-refractivity contribution in [1.82, 2.24) is 9.88 Å². The lowest BCUT2D eigenvalue weighted by molar-refractivity contribution is 0.0987. The Morgan fingerprint density at radius 2 is 2.00 bits per heavy atom. The van der Waals surface area contributed by atoms with Gasteiger partial charge in [-0.25, -0.2) is 0 Å². The molecule has 0 amide bonds. The van der Waals surface area contributed by atoms with Crippen LogP contribution in [-0.2, 0) is 18.3 Å². The van der Waals surface area contributed by atoms with Crippen molar-refractivity contribution in [2.75, 3.05) is 27.2 Å². The predicted molar refractivity (Wildman–Crippen MR) is 109 cm³/mol. The zero-order chi connectivity index (χ0) is 18.4. The quantitative estimate of drug-likeness (QED) is 0.685. The molecule has 2 atom stereocenters. The van der Waals surface area contributed by atoms with Crippen LogP contribution in [-0.4, -0.2) is 37.1 Å². The van der Waals surface area contributed by atoms with Gasteiger partial charge in [-0.05, 0) is 67.7 Å². The van der Waals surface area contributed by atoms with Crippen LogP contribution in [0.4, 0.5) is 0 Å². The van der Waals surface area contributed by atoms with Gasteiger partial charge in [-0.15, -0.1) is 0 Å². The third-order valence-electron chi connectivity index (χ3n) is 6.74. The van der Waals surface area contributed by atoms with Crippen molar-refractivity contribution in [3.63, 3.8) is 0 Å². The van der Waals surface area contributed by atoms with E-state index in [1.165, 1.54) is 28.6 Å². The molecule has 1 fully saturated rings. The van der Waals surface area contributed by atoms with E-state index in [0.29, 0.717) is 5.92 Å². The molecule has 2 heterocycles. The second kappa shape index (κ2) is 6.35. The van der Waals surface area contributed by atoms with Crippen LogP contribution in [0.2, 0.25) is 0 Å². The fraction of sp³-hybridized carbons (Fsp3) is 0.375. The number of methoxy groups -OCH3 is 1. The van der Waals surface area contributed by atoms with Gasteiger partial charge in [0.15, 0.2) is 0 Å². The van der Waals surface area contributed by atoms with Crippen molar-refractivity contribution in [3.05, 3.63) is 71.4 Å². The molecule has 1 aromatic heterocycles. The molecule has 3 nitrogen and oxygen atoms in total. The van der Waals surface area contributed by atoms with Gasteiger partial charge >= 0.3 is 0 Å². The van der Waals surface area contributed by atoms with E-state index >= 15 is 0 Å². The van der Waals surface area contributed by atoms with Crippen LogP contribution in [0.25, 0.3) is 10.9 Å². The van der Waals surface area contributed by atoms with Crippen LogP contribution >= 0.6 is 0 Å².